The van der Waals surface area contributed by atoms with Crippen molar-refractivity contribution >= 4 is 25.3 Å². The largest absolute Gasteiger partial charge is 0.465 e. The number of rotatable bonds is 5. The van der Waals surface area contributed by atoms with Crippen molar-refractivity contribution in [2.24, 2.45) is 0 Å². The molecule has 0 saturated heterocycles. The van der Waals surface area contributed by atoms with Crippen LogP contribution < -0.4 is 5.09 Å². The van der Waals surface area contributed by atoms with Crippen molar-refractivity contribution in [3.8, 4) is 0 Å². The quantitative estimate of drug-likeness (QED) is 0.538. The number of hydrogen-bond donors (Lipinski definition) is 1. The van der Waals surface area contributed by atoms with Gasteiger partial charge in [-0.1, -0.05) is 18.2 Å². The second-order valence-corrected chi connectivity index (χ2v) is 3.17. The highest BCUT2D eigenvalue weighted by atomic mass is 35.7. The van der Waals surface area contributed by atoms with Gasteiger partial charge >= 0.3 is 5.97 Å². The Bertz CT molecular complexity index is 123. The lowest BCUT2D eigenvalue weighted by Gasteiger charge is -2.09. The fourth-order valence-corrected chi connectivity index (χ4v) is 1.24. The van der Waals surface area contributed by atoms with Crippen molar-refractivity contribution in [2.45, 2.75) is 26.3 Å². The van der Waals surface area contributed by atoms with Crippen LogP contribution in [0.3, 0.4) is 0 Å². The summed E-state index contributed by atoms with van der Waals surface area (Å²) in [5, 5.41) is 2.77. The first-order valence-corrected chi connectivity index (χ1v) is 5.51. The minimum atomic E-state index is -0.294. The van der Waals surface area contributed by atoms with Crippen LogP contribution in [0.15, 0.2) is 0 Å². The van der Waals surface area contributed by atoms with E-state index in [9.17, 15) is 4.79 Å². The molecule has 0 heterocycles. The van der Waals surface area contributed by atoms with Crippen molar-refractivity contribution < 1.29 is 9.53 Å². The minimum Gasteiger partial charge on any atom is -0.465 e. The fraction of sp³-hybridized carbons (Fsp3) is 0.833. The normalized spacial score (nSPS) is 13.7. The average Bonchev–Trinajstić information content (AvgIpc) is 2.00. The molecule has 5 heteroatoms. The molecule has 0 aromatic heterocycles. The van der Waals surface area contributed by atoms with E-state index in [1.54, 1.807) is 6.92 Å². The first kappa shape index (κ1) is 11.2. The summed E-state index contributed by atoms with van der Waals surface area (Å²) in [5.41, 5.74) is 0. The van der Waals surface area contributed by atoms with E-state index in [1.807, 2.05) is 6.92 Å². The van der Waals surface area contributed by atoms with Gasteiger partial charge in [0.15, 0.2) is 0 Å². The van der Waals surface area contributed by atoms with E-state index in [-0.39, 0.29) is 20.1 Å². The summed E-state index contributed by atoms with van der Waals surface area (Å²) < 4.78 is 4.85. The van der Waals surface area contributed by atoms with Crippen molar-refractivity contribution in [1.82, 2.24) is 5.09 Å². The molecule has 0 saturated carbocycles. The van der Waals surface area contributed by atoms with E-state index in [4.69, 9.17) is 16.0 Å². The lowest BCUT2D eigenvalue weighted by Crippen LogP contribution is -2.29. The van der Waals surface area contributed by atoms with E-state index >= 15 is 0 Å². The molecule has 0 aliphatic rings. The topological polar surface area (TPSA) is 38.3 Å². The second kappa shape index (κ2) is 6.84. The molecule has 0 aliphatic heterocycles. The molecule has 0 rings (SSSR count). The molecule has 0 radical (unpaired) electrons. The van der Waals surface area contributed by atoms with Crippen LogP contribution in [0.4, 0.5) is 0 Å². The maximum atomic E-state index is 11.0. The first-order chi connectivity index (χ1) is 5.22. The van der Waals surface area contributed by atoms with Crippen LogP contribution in [-0.4, -0.2) is 18.6 Å². The molecular formula is C6H13ClNO2P. The van der Waals surface area contributed by atoms with E-state index in [0.717, 1.165) is 6.42 Å². The highest BCUT2D eigenvalue weighted by Crippen LogP contribution is 2.10. The zero-order valence-electron chi connectivity index (χ0n) is 6.69. The third kappa shape index (κ3) is 5.42. The number of carbonyl (C=O) groups excluding carboxylic acids is 1. The Morgan fingerprint density at radius 1 is 1.82 bits per heavy atom. The van der Waals surface area contributed by atoms with E-state index < -0.39 is 0 Å². The molecular weight excluding hydrogens is 184 g/mol. The molecule has 3 nitrogen and oxygen atoms in total. The van der Waals surface area contributed by atoms with Crippen LogP contribution >= 0.6 is 19.3 Å². The maximum absolute atomic E-state index is 11.0. The Morgan fingerprint density at radius 2 is 2.45 bits per heavy atom. The predicted octanol–water partition coefficient (Wildman–Crippen LogP) is 1.66. The monoisotopic (exact) mass is 197 g/mol. The fourth-order valence-electron chi connectivity index (χ4n) is 0.468. The van der Waals surface area contributed by atoms with Gasteiger partial charge in [-0.15, -0.1) is 0 Å². The van der Waals surface area contributed by atoms with Gasteiger partial charge in [0.05, 0.1) is 6.61 Å². The summed E-state index contributed by atoms with van der Waals surface area (Å²) in [6, 6.07) is -0.294. The number of nitrogens with one attached hydrogen (secondary N) is 1. The molecule has 0 fully saturated rings. The summed E-state index contributed by atoms with van der Waals surface area (Å²) in [4.78, 5) is 11.0. The first-order valence-electron chi connectivity index (χ1n) is 3.50. The Labute approximate surface area is 73.5 Å². The van der Waals surface area contributed by atoms with Gasteiger partial charge in [-0.3, -0.25) is 9.88 Å². The third-order valence-electron chi connectivity index (χ3n) is 1.07. The smallest absolute Gasteiger partial charge is 0.323 e. The molecule has 66 valence electrons. The lowest BCUT2D eigenvalue weighted by molar-refractivity contribution is -0.145. The van der Waals surface area contributed by atoms with Crippen LogP contribution in [0.1, 0.15) is 20.3 Å². The maximum Gasteiger partial charge on any atom is 0.323 e. The molecule has 2 unspecified atom stereocenters. The summed E-state index contributed by atoms with van der Waals surface area (Å²) in [7, 11) is 0.0574. The van der Waals surface area contributed by atoms with E-state index in [2.05, 4.69) is 5.09 Å². The third-order valence-corrected chi connectivity index (χ3v) is 1.94. The Balaban J connectivity index is 3.47. The molecule has 0 amide bonds. The predicted molar refractivity (Wildman–Crippen MR) is 48.0 cm³/mol. The van der Waals surface area contributed by atoms with Crippen LogP contribution in [0.2, 0.25) is 0 Å². The van der Waals surface area contributed by atoms with Crippen molar-refractivity contribution in [2.75, 3.05) is 6.61 Å². The molecule has 11 heavy (non-hydrogen) atoms. The minimum absolute atomic E-state index is 0.0574. The molecule has 0 aliphatic carbocycles. The van der Waals surface area contributed by atoms with Gasteiger partial charge in [-0.05, 0) is 13.3 Å². The Hall–Kier alpha value is 0.150. The average molecular weight is 198 g/mol. The van der Waals surface area contributed by atoms with Crippen LogP contribution in [0, 0.1) is 0 Å². The molecule has 0 aromatic carbocycles. The van der Waals surface area contributed by atoms with Crippen LogP contribution in [-0.2, 0) is 9.53 Å². The van der Waals surface area contributed by atoms with Gasteiger partial charge in [0.1, 0.15) is 6.04 Å². The highest BCUT2D eigenvalue weighted by molar-refractivity contribution is 7.66. The number of halogens is 1. The zero-order chi connectivity index (χ0) is 8.69. The van der Waals surface area contributed by atoms with Gasteiger partial charge in [0.2, 0.25) is 0 Å². The Morgan fingerprint density at radius 3 is 2.91 bits per heavy atom. The summed E-state index contributed by atoms with van der Waals surface area (Å²) >= 11 is 5.38. The van der Waals surface area contributed by atoms with Crippen molar-refractivity contribution in [3.05, 3.63) is 0 Å². The van der Waals surface area contributed by atoms with Gasteiger partial charge in [-0.2, -0.15) is 0 Å². The van der Waals surface area contributed by atoms with Gasteiger partial charge < -0.3 is 4.74 Å². The molecule has 2 atom stereocenters. The van der Waals surface area contributed by atoms with Crippen molar-refractivity contribution in [1.29, 1.82) is 0 Å². The van der Waals surface area contributed by atoms with Gasteiger partial charge in [0.25, 0.3) is 0 Å². The SMILES string of the molecule is CCCOC(=O)C(C)NPCl. The number of esters is 1. The van der Waals surface area contributed by atoms with Gasteiger partial charge in [0, 0.05) is 8.08 Å². The van der Waals surface area contributed by atoms with Gasteiger partial charge in [-0.25, -0.2) is 0 Å². The van der Waals surface area contributed by atoms with Crippen molar-refractivity contribution in [3.63, 3.8) is 0 Å². The lowest BCUT2D eigenvalue weighted by atomic mass is 10.4. The molecule has 0 bridgehead atoms. The molecule has 0 aromatic rings. The highest BCUT2D eigenvalue weighted by Gasteiger charge is 2.11. The van der Waals surface area contributed by atoms with Crippen LogP contribution in [0.5, 0.6) is 0 Å². The second-order valence-electron chi connectivity index (χ2n) is 2.13. The summed E-state index contributed by atoms with van der Waals surface area (Å²) in [6.45, 7) is 4.16. The standard InChI is InChI=1S/C6H13ClNO2P/c1-3-4-10-6(9)5(2)8-11-7/h5,8,11H,3-4H2,1-2H3. The zero-order valence-corrected chi connectivity index (χ0v) is 8.44. The summed E-state index contributed by atoms with van der Waals surface area (Å²) in [6.07, 6.45) is 0.849. The molecule has 1 N–H and O–H groups in total. The number of hydrogen-bond acceptors (Lipinski definition) is 3. The van der Waals surface area contributed by atoms with Crippen LogP contribution in [0.25, 0.3) is 0 Å². The molecule has 0 spiro atoms. The Kier molecular flexibility index (Phi) is 6.93. The van der Waals surface area contributed by atoms with E-state index in [0.29, 0.717) is 6.61 Å². The number of carbonyl (C=O) groups is 1. The summed E-state index contributed by atoms with van der Waals surface area (Å²) in [5.74, 6) is -0.236. The van der Waals surface area contributed by atoms with E-state index in [1.165, 1.54) is 0 Å². The number of ether oxygens (including phenoxy) is 1.